The van der Waals surface area contributed by atoms with Crippen LogP contribution < -0.4 is 0 Å². The largest absolute Gasteiger partial charge is 0.299 e. The van der Waals surface area contributed by atoms with E-state index in [2.05, 4.69) is 16.6 Å². The van der Waals surface area contributed by atoms with Gasteiger partial charge in [-0.25, -0.2) is 9.68 Å². The molecule has 0 aliphatic carbocycles. The molecule has 1 amide bonds. The summed E-state index contributed by atoms with van der Waals surface area (Å²) in [6.07, 6.45) is 3.77. The van der Waals surface area contributed by atoms with Crippen LogP contribution >= 0.6 is 0 Å². The first kappa shape index (κ1) is 12.1. The van der Waals surface area contributed by atoms with Gasteiger partial charge in [0.15, 0.2) is 0 Å². The van der Waals surface area contributed by atoms with Crippen LogP contribution in [0.5, 0.6) is 0 Å². The summed E-state index contributed by atoms with van der Waals surface area (Å²) in [6, 6.07) is 0. The molecule has 76 valence electrons. The minimum atomic E-state index is -0.265. The van der Waals surface area contributed by atoms with E-state index in [4.69, 9.17) is 0 Å². The van der Waals surface area contributed by atoms with Crippen molar-refractivity contribution in [2.24, 2.45) is 0 Å². The van der Waals surface area contributed by atoms with E-state index < -0.39 is 0 Å². The molecule has 0 aromatic heterocycles. The summed E-state index contributed by atoms with van der Waals surface area (Å²) < 4.78 is 0. The zero-order valence-electron chi connectivity index (χ0n) is 8.66. The van der Waals surface area contributed by atoms with E-state index >= 15 is 0 Å². The molecule has 0 rings (SSSR count). The van der Waals surface area contributed by atoms with Gasteiger partial charge in [-0.15, -0.1) is 0 Å². The van der Waals surface area contributed by atoms with Gasteiger partial charge in [-0.1, -0.05) is 24.6 Å². The lowest BCUT2D eigenvalue weighted by molar-refractivity contribution is -0.314. The Morgan fingerprint density at radius 2 is 1.92 bits per heavy atom. The van der Waals surface area contributed by atoms with Crippen molar-refractivity contribution in [1.82, 2.24) is 5.23 Å². The highest BCUT2D eigenvalue weighted by molar-refractivity contribution is 5.91. The minimum absolute atomic E-state index is 0.265. The maximum absolute atomic E-state index is 11.4. The normalized spacial score (nSPS) is 11.5. The van der Waals surface area contributed by atoms with Crippen molar-refractivity contribution in [1.29, 1.82) is 0 Å². The molecule has 4 heteroatoms. The van der Waals surface area contributed by atoms with E-state index in [0.29, 0.717) is 5.57 Å². The molecular weight excluding hydrogens is 170 g/mol. The number of unbranched alkanes of at least 4 members (excludes halogenated alkanes) is 1. The number of amides is 1. The molecule has 0 N–H and O–H groups in total. The quantitative estimate of drug-likeness (QED) is 0.485. The first-order chi connectivity index (χ1) is 6.17. The van der Waals surface area contributed by atoms with Crippen molar-refractivity contribution < 1.29 is 14.5 Å². The molecule has 0 radical (unpaired) electrons. The average Bonchev–Trinajstić information content (AvgIpc) is 2.15. The van der Waals surface area contributed by atoms with Gasteiger partial charge in [0, 0.05) is 5.57 Å². The topological polar surface area (TPSA) is 38.8 Å². The molecule has 0 aromatic carbocycles. The zero-order valence-corrected chi connectivity index (χ0v) is 8.66. The van der Waals surface area contributed by atoms with Gasteiger partial charge >= 0.3 is 0 Å². The number of carbonyl (C=O) groups excluding carboxylic acids is 1. The Morgan fingerprint density at radius 3 is 2.31 bits per heavy atom. The summed E-state index contributed by atoms with van der Waals surface area (Å²) in [5, 5.41) is 0.849. The standard InChI is InChI=1S/C9H17NO3/c1-5-6-7-8(2)9(11)10(12-3)13-4/h7H,5-6H2,1-4H3. The van der Waals surface area contributed by atoms with Crippen molar-refractivity contribution in [2.75, 3.05) is 14.2 Å². The average molecular weight is 187 g/mol. The number of rotatable bonds is 5. The number of hydrogen-bond donors (Lipinski definition) is 0. The Bertz CT molecular complexity index is 185. The predicted molar refractivity (Wildman–Crippen MR) is 49.5 cm³/mol. The van der Waals surface area contributed by atoms with Gasteiger partial charge in [0.05, 0.1) is 14.2 Å². The SMILES string of the molecule is CCCC=C(C)C(=O)N(OC)OC. The highest BCUT2D eigenvalue weighted by Crippen LogP contribution is 2.03. The highest BCUT2D eigenvalue weighted by atomic mass is 16.9. The maximum Gasteiger partial charge on any atom is 0.299 e. The lowest BCUT2D eigenvalue weighted by atomic mass is 10.2. The molecule has 4 nitrogen and oxygen atoms in total. The Labute approximate surface area is 79.0 Å². The van der Waals surface area contributed by atoms with Crippen LogP contribution in [0.4, 0.5) is 0 Å². The summed E-state index contributed by atoms with van der Waals surface area (Å²) in [4.78, 5) is 20.8. The smallest absolute Gasteiger partial charge is 0.265 e. The van der Waals surface area contributed by atoms with Crippen LogP contribution in [-0.4, -0.2) is 25.4 Å². The maximum atomic E-state index is 11.4. The number of hydrogen-bond acceptors (Lipinski definition) is 3. The van der Waals surface area contributed by atoms with Crippen molar-refractivity contribution in [3.05, 3.63) is 11.6 Å². The second-order valence-electron chi connectivity index (χ2n) is 2.60. The summed E-state index contributed by atoms with van der Waals surface area (Å²) in [5.41, 5.74) is 0.630. The van der Waals surface area contributed by atoms with E-state index in [9.17, 15) is 4.79 Å². The van der Waals surface area contributed by atoms with Crippen LogP contribution in [-0.2, 0) is 14.5 Å². The zero-order chi connectivity index (χ0) is 10.3. The van der Waals surface area contributed by atoms with Crippen molar-refractivity contribution in [3.8, 4) is 0 Å². The van der Waals surface area contributed by atoms with Gasteiger partial charge < -0.3 is 0 Å². The summed E-state index contributed by atoms with van der Waals surface area (Å²) in [6.45, 7) is 3.79. The molecule has 0 saturated carbocycles. The molecular formula is C9H17NO3. The van der Waals surface area contributed by atoms with E-state index in [1.165, 1.54) is 14.2 Å². The fraction of sp³-hybridized carbons (Fsp3) is 0.667. The van der Waals surface area contributed by atoms with Crippen molar-refractivity contribution in [3.63, 3.8) is 0 Å². The van der Waals surface area contributed by atoms with Gasteiger partial charge in [0.2, 0.25) is 0 Å². The molecule has 0 bridgehead atoms. The molecule has 0 fully saturated rings. The van der Waals surface area contributed by atoms with E-state index in [0.717, 1.165) is 18.1 Å². The van der Waals surface area contributed by atoms with E-state index in [1.54, 1.807) is 6.92 Å². The molecule has 13 heavy (non-hydrogen) atoms. The van der Waals surface area contributed by atoms with Crippen LogP contribution in [0.3, 0.4) is 0 Å². The molecule has 0 aromatic rings. The van der Waals surface area contributed by atoms with Gasteiger partial charge in [-0.3, -0.25) is 4.79 Å². The Hall–Kier alpha value is -0.870. The van der Waals surface area contributed by atoms with Crippen LogP contribution in [0.15, 0.2) is 11.6 Å². The number of carbonyl (C=O) groups is 1. The van der Waals surface area contributed by atoms with Crippen LogP contribution in [0.1, 0.15) is 26.7 Å². The third kappa shape index (κ3) is 4.05. The van der Waals surface area contributed by atoms with Crippen molar-refractivity contribution >= 4 is 5.91 Å². The molecule has 0 heterocycles. The van der Waals surface area contributed by atoms with Gasteiger partial charge in [0.25, 0.3) is 5.91 Å². The Kier molecular flexibility index (Phi) is 6.18. The van der Waals surface area contributed by atoms with E-state index in [-0.39, 0.29) is 5.91 Å². The Morgan fingerprint density at radius 1 is 1.38 bits per heavy atom. The number of hydroxylamine groups is 2. The van der Waals surface area contributed by atoms with Crippen molar-refractivity contribution in [2.45, 2.75) is 26.7 Å². The third-order valence-corrected chi connectivity index (χ3v) is 1.57. The summed E-state index contributed by atoms with van der Waals surface area (Å²) in [7, 11) is 2.77. The van der Waals surface area contributed by atoms with Crippen LogP contribution in [0.2, 0.25) is 0 Å². The summed E-state index contributed by atoms with van der Waals surface area (Å²) >= 11 is 0. The molecule has 0 aliphatic rings. The lowest BCUT2D eigenvalue weighted by Crippen LogP contribution is -2.29. The second-order valence-corrected chi connectivity index (χ2v) is 2.60. The van der Waals surface area contributed by atoms with Gasteiger partial charge in [0.1, 0.15) is 0 Å². The number of nitrogens with zero attached hydrogens (tertiary/aromatic N) is 1. The molecule has 0 spiro atoms. The third-order valence-electron chi connectivity index (χ3n) is 1.57. The molecule has 0 saturated heterocycles. The summed E-state index contributed by atoms with van der Waals surface area (Å²) in [5.74, 6) is -0.265. The van der Waals surface area contributed by atoms with Crippen LogP contribution in [0, 0.1) is 0 Å². The first-order valence-corrected chi connectivity index (χ1v) is 4.26. The monoisotopic (exact) mass is 187 g/mol. The first-order valence-electron chi connectivity index (χ1n) is 4.26. The second kappa shape index (κ2) is 6.62. The van der Waals surface area contributed by atoms with Crippen LogP contribution in [0.25, 0.3) is 0 Å². The molecule has 0 atom stereocenters. The lowest BCUT2D eigenvalue weighted by Gasteiger charge is -2.15. The number of allylic oxidation sites excluding steroid dienone is 1. The predicted octanol–water partition coefficient (Wildman–Crippen LogP) is 1.68. The fourth-order valence-electron chi connectivity index (χ4n) is 0.833. The molecule has 0 unspecified atom stereocenters. The Balaban J connectivity index is 4.22. The fourth-order valence-corrected chi connectivity index (χ4v) is 0.833. The van der Waals surface area contributed by atoms with Gasteiger partial charge in [-0.2, -0.15) is 0 Å². The van der Waals surface area contributed by atoms with Gasteiger partial charge in [-0.05, 0) is 13.3 Å². The molecule has 0 aliphatic heterocycles. The minimum Gasteiger partial charge on any atom is -0.265 e. The van der Waals surface area contributed by atoms with E-state index in [1.807, 2.05) is 6.08 Å². The highest BCUT2D eigenvalue weighted by Gasteiger charge is 2.13.